The third kappa shape index (κ3) is 3.97. The quantitative estimate of drug-likeness (QED) is 0.751. The zero-order chi connectivity index (χ0) is 10.6. The van der Waals surface area contributed by atoms with E-state index in [4.69, 9.17) is 4.74 Å². The van der Waals surface area contributed by atoms with Crippen LogP contribution in [0.4, 0.5) is 0 Å². The van der Waals surface area contributed by atoms with Crippen molar-refractivity contribution in [2.75, 3.05) is 13.1 Å². The summed E-state index contributed by atoms with van der Waals surface area (Å²) >= 11 is 0. The van der Waals surface area contributed by atoms with Crippen LogP contribution in [-0.4, -0.2) is 25.3 Å². The molecule has 84 valence electrons. The molecule has 0 aromatic heterocycles. The SMILES string of the molecule is CC(C)CC(C)OC1CCNCC1C. The molecule has 0 spiro atoms. The van der Waals surface area contributed by atoms with Gasteiger partial charge in [-0.15, -0.1) is 0 Å². The number of rotatable bonds is 4. The molecule has 1 saturated heterocycles. The highest BCUT2D eigenvalue weighted by Gasteiger charge is 2.23. The second-order valence-corrected chi connectivity index (χ2v) is 5.08. The minimum atomic E-state index is 0.417. The fourth-order valence-corrected chi connectivity index (χ4v) is 2.21. The lowest BCUT2D eigenvalue weighted by atomic mass is 9.97. The molecular weight excluding hydrogens is 174 g/mol. The maximum atomic E-state index is 6.07. The van der Waals surface area contributed by atoms with E-state index >= 15 is 0 Å². The van der Waals surface area contributed by atoms with Crippen LogP contribution in [0.1, 0.15) is 40.5 Å². The molecule has 0 amide bonds. The monoisotopic (exact) mass is 199 g/mol. The lowest BCUT2D eigenvalue weighted by Crippen LogP contribution is -2.41. The summed E-state index contributed by atoms with van der Waals surface area (Å²) in [7, 11) is 0. The standard InChI is InChI=1S/C12H25NO/c1-9(2)7-11(4)14-12-5-6-13-8-10(12)3/h9-13H,5-8H2,1-4H3. The summed E-state index contributed by atoms with van der Waals surface area (Å²) in [4.78, 5) is 0. The topological polar surface area (TPSA) is 21.3 Å². The Hall–Kier alpha value is -0.0800. The Balaban J connectivity index is 2.27. The Kier molecular flexibility index (Phi) is 4.90. The van der Waals surface area contributed by atoms with Crippen molar-refractivity contribution in [1.29, 1.82) is 0 Å². The van der Waals surface area contributed by atoms with Crippen LogP contribution >= 0.6 is 0 Å². The Morgan fingerprint density at radius 1 is 1.36 bits per heavy atom. The van der Waals surface area contributed by atoms with Crippen molar-refractivity contribution >= 4 is 0 Å². The van der Waals surface area contributed by atoms with E-state index in [1.54, 1.807) is 0 Å². The lowest BCUT2D eigenvalue weighted by molar-refractivity contribution is -0.0501. The highest BCUT2D eigenvalue weighted by Crippen LogP contribution is 2.18. The highest BCUT2D eigenvalue weighted by molar-refractivity contribution is 4.76. The third-order valence-electron chi connectivity index (χ3n) is 2.92. The molecule has 0 saturated carbocycles. The Labute approximate surface area is 88.4 Å². The van der Waals surface area contributed by atoms with Gasteiger partial charge in [-0.3, -0.25) is 0 Å². The van der Waals surface area contributed by atoms with Gasteiger partial charge in [0.2, 0.25) is 0 Å². The van der Waals surface area contributed by atoms with Crippen molar-refractivity contribution in [1.82, 2.24) is 5.32 Å². The van der Waals surface area contributed by atoms with Crippen LogP contribution in [0.5, 0.6) is 0 Å². The summed E-state index contributed by atoms with van der Waals surface area (Å²) < 4.78 is 6.07. The Bertz CT molecular complexity index is 158. The number of hydrogen-bond donors (Lipinski definition) is 1. The molecule has 0 aliphatic carbocycles. The molecule has 1 aliphatic rings. The predicted molar refractivity (Wildman–Crippen MR) is 60.4 cm³/mol. The molecular formula is C12H25NO. The van der Waals surface area contributed by atoms with Crippen LogP contribution in [0.25, 0.3) is 0 Å². The summed E-state index contributed by atoms with van der Waals surface area (Å²) in [5, 5.41) is 3.40. The van der Waals surface area contributed by atoms with Gasteiger partial charge >= 0.3 is 0 Å². The minimum Gasteiger partial charge on any atom is -0.375 e. The third-order valence-corrected chi connectivity index (χ3v) is 2.92. The smallest absolute Gasteiger partial charge is 0.0628 e. The molecule has 1 heterocycles. The summed E-state index contributed by atoms with van der Waals surface area (Å²) in [6.07, 6.45) is 3.24. The van der Waals surface area contributed by atoms with Crippen LogP contribution in [-0.2, 0) is 4.74 Å². The van der Waals surface area contributed by atoms with E-state index in [1.165, 1.54) is 12.8 Å². The molecule has 3 atom stereocenters. The highest BCUT2D eigenvalue weighted by atomic mass is 16.5. The van der Waals surface area contributed by atoms with Gasteiger partial charge in [-0.05, 0) is 38.1 Å². The zero-order valence-corrected chi connectivity index (χ0v) is 10.0. The van der Waals surface area contributed by atoms with Gasteiger partial charge < -0.3 is 10.1 Å². The van der Waals surface area contributed by atoms with Gasteiger partial charge in [0.1, 0.15) is 0 Å². The minimum absolute atomic E-state index is 0.417. The van der Waals surface area contributed by atoms with Crippen LogP contribution in [0, 0.1) is 11.8 Å². The average molecular weight is 199 g/mol. The summed E-state index contributed by atoms with van der Waals surface area (Å²) in [6.45, 7) is 11.2. The van der Waals surface area contributed by atoms with Crippen LogP contribution in [0.3, 0.4) is 0 Å². The molecule has 2 nitrogen and oxygen atoms in total. The van der Waals surface area contributed by atoms with E-state index in [2.05, 4.69) is 33.0 Å². The van der Waals surface area contributed by atoms with Crippen molar-refractivity contribution in [2.45, 2.75) is 52.7 Å². The first kappa shape index (κ1) is 12.0. The predicted octanol–water partition coefficient (Wildman–Crippen LogP) is 2.44. The largest absolute Gasteiger partial charge is 0.375 e. The number of nitrogens with one attached hydrogen (secondary N) is 1. The van der Waals surface area contributed by atoms with E-state index in [-0.39, 0.29) is 0 Å². The molecule has 1 N–H and O–H groups in total. The molecule has 1 aliphatic heterocycles. The van der Waals surface area contributed by atoms with Gasteiger partial charge in [0, 0.05) is 6.54 Å². The van der Waals surface area contributed by atoms with Crippen molar-refractivity contribution in [2.24, 2.45) is 11.8 Å². The van der Waals surface area contributed by atoms with E-state index < -0.39 is 0 Å². The van der Waals surface area contributed by atoms with Gasteiger partial charge in [-0.2, -0.15) is 0 Å². The van der Waals surface area contributed by atoms with Gasteiger partial charge in [0.25, 0.3) is 0 Å². The maximum Gasteiger partial charge on any atom is 0.0628 e. The van der Waals surface area contributed by atoms with E-state index in [0.29, 0.717) is 18.1 Å². The number of hydrogen-bond acceptors (Lipinski definition) is 2. The van der Waals surface area contributed by atoms with Gasteiger partial charge in [-0.1, -0.05) is 20.8 Å². The fourth-order valence-electron chi connectivity index (χ4n) is 2.21. The molecule has 0 aromatic carbocycles. The normalized spacial score (nSPS) is 30.6. The first-order valence-electron chi connectivity index (χ1n) is 5.95. The number of ether oxygens (including phenoxy) is 1. The van der Waals surface area contributed by atoms with Crippen molar-refractivity contribution < 1.29 is 4.74 Å². The lowest BCUT2D eigenvalue weighted by Gasteiger charge is -2.32. The number of piperidine rings is 1. The molecule has 0 aromatic rings. The fraction of sp³-hybridized carbons (Fsp3) is 1.00. The first-order valence-corrected chi connectivity index (χ1v) is 5.95. The second-order valence-electron chi connectivity index (χ2n) is 5.08. The molecule has 3 unspecified atom stereocenters. The Morgan fingerprint density at radius 2 is 2.07 bits per heavy atom. The van der Waals surface area contributed by atoms with E-state index in [1.807, 2.05) is 0 Å². The van der Waals surface area contributed by atoms with Gasteiger partial charge in [0.15, 0.2) is 0 Å². The molecule has 14 heavy (non-hydrogen) atoms. The van der Waals surface area contributed by atoms with Crippen molar-refractivity contribution in [3.05, 3.63) is 0 Å². The Morgan fingerprint density at radius 3 is 2.64 bits per heavy atom. The first-order chi connectivity index (χ1) is 6.59. The molecule has 1 fully saturated rings. The average Bonchev–Trinajstić information content (AvgIpc) is 2.07. The zero-order valence-electron chi connectivity index (χ0n) is 10.0. The molecule has 1 rings (SSSR count). The molecule has 2 heteroatoms. The van der Waals surface area contributed by atoms with Gasteiger partial charge in [0.05, 0.1) is 12.2 Å². The molecule has 0 bridgehead atoms. The second kappa shape index (κ2) is 5.72. The summed E-state index contributed by atoms with van der Waals surface area (Å²) in [6, 6.07) is 0. The van der Waals surface area contributed by atoms with E-state index in [9.17, 15) is 0 Å². The maximum absolute atomic E-state index is 6.07. The van der Waals surface area contributed by atoms with Crippen LogP contribution in [0.15, 0.2) is 0 Å². The van der Waals surface area contributed by atoms with Crippen LogP contribution in [0.2, 0.25) is 0 Å². The van der Waals surface area contributed by atoms with Crippen molar-refractivity contribution in [3.63, 3.8) is 0 Å². The summed E-state index contributed by atoms with van der Waals surface area (Å²) in [5.74, 6) is 1.40. The van der Waals surface area contributed by atoms with Crippen LogP contribution < -0.4 is 5.32 Å². The van der Waals surface area contributed by atoms with E-state index in [0.717, 1.165) is 19.0 Å². The van der Waals surface area contributed by atoms with Gasteiger partial charge in [-0.25, -0.2) is 0 Å². The molecule has 0 radical (unpaired) electrons. The summed E-state index contributed by atoms with van der Waals surface area (Å²) in [5.41, 5.74) is 0. The van der Waals surface area contributed by atoms with Crippen molar-refractivity contribution in [3.8, 4) is 0 Å².